The Bertz CT molecular complexity index is 618. The molecule has 1 aliphatic rings. The Morgan fingerprint density at radius 3 is 3.00 bits per heavy atom. The quantitative estimate of drug-likeness (QED) is 0.845. The number of carboxylic acids is 1. The van der Waals surface area contributed by atoms with Crippen LogP contribution in [0.1, 0.15) is 15.2 Å². The molecule has 0 aliphatic carbocycles. The van der Waals surface area contributed by atoms with Crippen molar-refractivity contribution in [2.24, 2.45) is 0 Å². The van der Waals surface area contributed by atoms with Crippen LogP contribution in [0.15, 0.2) is 24.3 Å². The van der Waals surface area contributed by atoms with Crippen LogP contribution in [0.5, 0.6) is 5.75 Å². The summed E-state index contributed by atoms with van der Waals surface area (Å²) in [6, 6.07) is 5.88. The fraction of sp³-hybridized carbons (Fsp3) is 0.0833. The zero-order valence-electron chi connectivity index (χ0n) is 8.57. The lowest BCUT2D eigenvalue weighted by Crippen LogP contribution is -2.02. The zero-order valence-corrected chi connectivity index (χ0v) is 9.38. The fourth-order valence-corrected chi connectivity index (χ4v) is 2.86. The van der Waals surface area contributed by atoms with Gasteiger partial charge in [-0.2, -0.15) is 0 Å². The van der Waals surface area contributed by atoms with Gasteiger partial charge in [0.1, 0.15) is 23.1 Å². The van der Waals surface area contributed by atoms with Crippen molar-refractivity contribution in [1.29, 1.82) is 0 Å². The number of halogens is 1. The van der Waals surface area contributed by atoms with E-state index in [-0.39, 0.29) is 17.3 Å². The summed E-state index contributed by atoms with van der Waals surface area (Å²) in [7, 11) is 0. The Morgan fingerprint density at radius 2 is 2.24 bits per heavy atom. The monoisotopic (exact) mass is 250 g/mol. The van der Waals surface area contributed by atoms with Crippen LogP contribution in [0.25, 0.3) is 10.4 Å². The third kappa shape index (κ3) is 1.59. The molecule has 0 atom stereocenters. The molecular weight excluding hydrogens is 243 g/mol. The predicted molar refractivity (Wildman–Crippen MR) is 61.0 cm³/mol. The average Bonchev–Trinajstić information content (AvgIpc) is 2.72. The van der Waals surface area contributed by atoms with Crippen molar-refractivity contribution in [2.45, 2.75) is 6.61 Å². The number of thiophene rings is 1. The molecule has 2 heterocycles. The van der Waals surface area contributed by atoms with E-state index in [1.54, 1.807) is 12.1 Å². The summed E-state index contributed by atoms with van der Waals surface area (Å²) < 4.78 is 18.4. The first kappa shape index (κ1) is 10.3. The fourth-order valence-electron chi connectivity index (χ4n) is 1.83. The molecule has 0 saturated carbocycles. The van der Waals surface area contributed by atoms with Gasteiger partial charge in [0.25, 0.3) is 0 Å². The Morgan fingerprint density at radius 1 is 1.41 bits per heavy atom. The maximum Gasteiger partial charge on any atom is 0.345 e. The summed E-state index contributed by atoms with van der Waals surface area (Å²) in [5.41, 5.74) is 1.59. The molecule has 1 N–H and O–H groups in total. The van der Waals surface area contributed by atoms with Crippen molar-refractivity contribution < 1.29 is 19.0 Å². The molecule has 0 unspecified atom stereocenters. The van der Waals surface area contributed by atoms with E-state index in [1.165, 1.54) is 23.5 Å². The third-order valence-corrected chi connectivity index (χ3v) is 3.79. The van der Waals surface area contributed by atoms with Gasteiger partial charge in [-0.3, -0.25) is 0 Å². The minimum atomic E-state index is -0.951. The predicted octanol–water partition coefficient (Wildman–Crippen LogP) is 3.14. The van der Waals surface area contributed by atoms with E-state index in [9.17, 15) is 9.18 Å². The minimum Gasteiger partial charge on any atom is -0.488 e. The molecule has 0 saturated heterocycles. The van der Waals surface area contributed by atoms with Crippen molar-refractivity contribution in [3.63, 3.8) is 0 Å². The summed E-state index contributed by atoms with van der Waals surface area (Å²) in [6.07, 6.45) is 0. The highest BCUT2D eigenvalue weighted by atomic mass is 32.1. The Kier molecular flexibility index (Phi) is 2.16. The molecule has 0 fully saturated rings. The van der Waals surface area contributed by atoms with Crippen LogP contribution < -0.4 is 4.74 Å². The highest BCUT2D eigenvalue weighted by Crippen LogP contribution is 2.42. The van der Waals surface area contributed by atoms with Gasteiger partial charge in [-0.1, -0.05) is 0 Å². The number of rotatable bonds is 1. The normalized spacial score (nSPS) is 12.5. The molecule has 1 aliphatic heterocycles. The maximum atomic E-state index is 13.0. The second kappa shape index (κ2) is 3.56. The second-order valence-corrected chi connectivity index (χ2v) is 4.75. The third-order valence-electron chi connectivity index (χ3n) is 2.59. The molecule has 0 radical (unpaired) electrons. The molecule has 0 bridgehead atoms. The first-order valence-electron chi connectivity index (χ1n) is 4.94. The lowest BCUT2D eigenvalue weighted by molar-refractivity contribution is 0.0702. The van der Waals surface area contributed by atoms with Crippen molar-refractivity contribution in [2.75, 3.05) is 0 Å². The Balaban J connectivity index is 2.19. The lowest BCUT2D eigenvalue weighted by atomic mass is 10.1. The Labute approximate surface area is 100 Å². The van der Waals surface area contributed by atoms with Crippen LogP contribution in [0.2, 0.25) is 0 Å². The number of hydrogen-bond donors (Lipinski definition) is 1. The number of benzene rings is 1. The van der Waals surface area contributed by atoms with Crippen LogP contribution in [-0.4, -0.2) is 11.1 Å². The van der Waals surface area contributed by atoms with Crippen LogP contribution in [-0.2, 0) is 6.61 Å². The summed E-state index contributed by atoms with van der Waals surface area (Å²) in [4.78, 5) is 12.0. The van der Waals surface area contributed by atoms with Crippen LogP contribution in [0.3, 0.4) is 0 Å². The maximum absolute atomic E-state index is 13.0. The average molecular weight is 250 g/mol. The second-order valence-electron chi connectivity index (χ2n) is 3.70. The molecule has 86 valence electrons. The number of hydrogen-bond acceptors (Lipinski definition) is 3. The van der Waals surface area contributed by atoms with Gasteiger partial charge in [0, 0.05) is 22.1 Å². The van der Waals surface area contributed by atoms with Crippen molar-refractivity contribution >= 4 is 17.3 Å². The van der Waals surface area contributed by atoms with E-state index in [2.05, 4.69) is 0 Å². The summed E-state index contributed by atoms with van der Waals surface area (Å²) in [5.74, 6) is -0.841. The zero-order chi connectivity index (χ0) is 12.0. The van der Waals surface area contributed by atoms with Gasteiger partial charge in [0.15, 0.2) is 0 Å². The highest BCUT2D eigenvalue weighted by Gasteiger charge is 2.22. The van der Waals surface area contributed by atoms with E-state index in [0.29, 0.717) is 5.75 Å². The number of carboxylic acid groups (broad SMARTS) is 1. The van der Waals surface area contributed by atoms with E-state index < -0.39 is 5.97 Å². The highest BCUT2D eigenvalue weighted by molar-refractivity contribution is 7.17. The molecule has 3 rings (SSSR count). The Hall–Kier alpha value is -1.88. The van der Waals surface area contributed by atoms with Gasteiger partial charge in [0.2, 0.25) is 0 Å². The van der Waals surface area contributed by atoms with Crippen LogP contribution in [0, 0.1) is 5.82 Å². The van der Waals surface area contributed by atoms with E-state index in [4.69, 9.17) is 9.84 Å². The number of fused-ring (bicyclic) bond motifs is 3. The summed E-state index contributed by atoms with van der Waals surface area (Å²) >= 11 is 1.19. The SMILES string of the molecule is O=C(O)c1cc2c(s1)-c1ccc(F)cc1OC2. The molecule has 0 amide bonds. The molecule has 0 spiro atoms. The van der Waals surface area contributed by atoms with Crippen LogP contribution in [0.4, 0.5) is 4.39 Å². The molecule has 1 aromatic heterocycles. The molecule has 17 heavy (non-hydrogen) atoms. The van der Waals surface area contributed by atoms with Gasteiger partial charge in [0.05, 0.1) is 0 Å². The summed E-state index contributed by atoms with van der Waals surface area (Å²) in [6.45, 7) is 0.287. The molecule has 3 nitrogen and oxygen atoms in total. The van der Waals surface area contributed by atoms with Crippen LogP contribution >= 0.6 is 11.3 Å². The smallest absolute Gasteiger partial charge is 0.345 e. The largest absolute Gasteiger partial charge is 0.488 e. The van der Waals surface area contributed by atoms with E-state index in [1.807, 2.05) is 0 Å². The topological polar surface area (TPSA) is 46.5 Å². The molecule has 2 aromatic rings. The molecule has 1 aromatic carbocycles. The lowest BCUT2D eigenvalue weighted by Gasteiger charge is -2.17. The first-order chi connectivity index (χ1) is 8.15. The minimum absolute atomic E-state index is 0.274. The van der Waals surface area contributed by atoms with E-state index >= 15 is 0 Å². The van der Waals surface area contributed by atoms with Crippen molar-refractivity contribution in [3.8, 4) is 16.2 Å². The van der Waals surface area contributed by atoms with Crippen molar-refractivity contribution in [3.05, 3.63) is 40.5 Å². The van der Waals surface area contributed by atoms with Gasteiger partial charge < -0.3 is 9.84 Å². The van der Waals surface area contributed by atoms with E-state index in [0.717, 1.165) is 16.0 Å². The number of carbonyl (C=O) groups is 1. The van der Waals surface area contributed by atoms with Gasteiger partial charge in [-0.15, -0.1) is 11.3 Å². The van der Waals surface area contributed by atoms with Gasteiger partial charge in [-0.25, -0.2) is 9.18 Å². The standard InChI is InChI=1S/C12H7FO3S/c13-7-1-2-8-9(4-7)16-5-6-3-10(12(14)15)17-11(6)8/h1-4H,5H2,(H,14,15). The first-order valence-corrected chi connectivity index (χ1v) is 5.75. The molecule has 5 heteroatoms. The van der Waals surface area contributed by atoms with Gasteiger partial charge in [-0.05, 0) is 18.2 Å². The number of aromatic carboxylic acids is 1. The summed E-state index contributed by atoms with van der Waals surface area (Å²) in [5, 5.41) is 8.94. The van der Waals surface area contributed by atoms with Gasteiger partial charge >= 0.3 is 5.97 Å². The molecular formula is C12H7FO3S. The van der Waals surface area contributed by atoms with Crippen molar-refractivity contribution in [1.82, 2.24) is 0 Å². The number of ether oxygens (including phenoxy) is 1.